The number of piperidine rings is 1. The van der Waals surface area contributed by atoms with Gasteiger partial charge in [-0.05, 0) is 63.5 Å². The van der Waals surface area contributed by atoms with Crippen LogP contribution in [-0.4, -0.2) is 126 Å². The van der Waals surface area contributed by atoms with Gasteiger partial charge in [0.2, 0.25) is 35.3 Å². The minimum atomic E-state index is -1.32. The molecule has 3 saturated heterocycles. The molecular formula is C43H63N7O9. The molecule has 2 unspecified atom stereocenters. The largest absolute Gasteiger partial charge is 0.444 e. The normalized spacial score (nSPS) is 24.0. The summed E-state index contributed by atoms with van der Waals surface area (Å²) >= 11 is 0. The molecular weight excluding hydrogens is 759 g/mol. The number of hydrogen-bond acceptors (Lipinski definition) is 9. The quantitative estimate of drug-likeness (QED) is 0.213. The highest BCUT2D eigenvalue weighted by atomic mass is 16.6. The van der Waals surface area contributed by atoms with Crippen LogP contribution in [0.15, 0.2) is 42.5 Å². The van der Waals surface area contributed by atoms with Crippen molar-refractivity contribution in [1.82, 2.24) is 36.0 Å². The highest BCUT2D eigenvalue weighted by Gasteiger charge is 2.48. The molecule has 0 aliphatic carbocycles. The minimum Gasteiger partial charge on any atom is -0.444 e. The van der Waals surface area contributed by atoms with E-state index in [1.807, 2.05) is 13.8 Å². The van der Waals surface area contributed by atoms with Crippen molar-refractivity contribution in [2.24, 2.45) is 17.8 Å². The monoisotopic (exact) mass is 821 g/mol. The van der Waals surface area contributed by atoms with Gasteiger partial charge in [-0.3, -0.25) is 33.6 Å². The Morgan fingerprint density at radius 3 is 2.27 bits per heavy atom. The van der Waals surface area contributed by atoms with Gasteiger partial charge in [-0.25, -0.2) is 4.79 Å². The predicted octanol–water partition coefficient (Wildman–Crippen LogP) is 2.63. The number of hydrogen-bond donors (Lipinski definition) is 4. The fraction of sp³-hybridized carbons (Fsp3) is 0.628. The Kier molecular flexibility index (Phi) is 16.2. The standard InChI is InChI=1S/C43H63N7O9/c1-26(2)30-25-50-36(27(30)3)38(54)45-31(37(53)39(55)44-23-32(51)46-34(40(56)48(7)8)28-17-12-11-13-18-28)20-14-9-10-15-21-33(52)49-22-16-19-29(24-49)35(41(50)57)47-42(58)59-43(4,5)6/h11-13,17-18,26,29-31,34-36H,3,9-10,14-16,19-25H2,1-2,4-8H3,(H,44,55)(H,45,54)(H,46,51)(H,47,58)/t29?,30?,31-,34-,35-,36-/m0/s1. The molecule has 3 heterocycles. The zero-order valence-corrected chi connectivity index (χ0v) is 35.6. The number of carbonyl (C=O) groups excluding carboxylic acids is 8. The first-order chi connectivity index (χ1) is 27.8. The molecule has 3 fully saturated rings. The molecule has 324 valence electrons. The molecule has 1 aromatic rings. The third-order valence-electron chi connectivity index (χ3n) is 11.1. The summed E-state index contributed by atoms with van der Waals surface area (Å²) in [5.41, 5.74) is 0.121. The number of ketones is 1. The first kappa shape index (κ1) is 46.4. The number of fused-ring (bicyclic) bond motifs is 3. The summed E-state index contributed by atoms with van der Waals surface area (Å²) in [4.78, 5) is 113. The van der Waals surface area contributed by atoms with E-state index in [1.54, 1.807) is 70.1 Å². The molecule has 59 heavy (non-hydrogen) atoms. The summed E-state index contributed by atoms with van der Waals surface area (Å²) in [6, 6.07) is 3.86. The Hall–Kier alpha value is -5.28. The molecule has 0 aromatic heterocycles. The summed E-state index contributed by atoms with van der Waals surface area (Å²) in [5.74, 6) is -5.32. The van der Waals surface area contributed by atoms with Crippen LogP contribution >= 0.6 is 0 Å². The molecule has 6 atom stereocenters. The first-order valence-corrected chi connectivity index (χ1v) is 20.7. The second-order valence-electron chi connectivity index (χ2n) is 17.4. The van der Waals surface area contributed by atoms with Gasteiger partial charge >= 0.3 is 6.09 Å². The van der Waals surface area contributed by atoms with Crippen LogP contribution in [0.1, 0.15) is 97.6 Å². The van der Waals surface area contributed by atoms with Crippen LogP contribution in [0.4, 0.5) is 4.79 Å². The molecule has 2 bridgehead atoms. The molecule has 4 rings (SSSR count). The maximum atomic E-state index is 14.8. The highest BCUT2D eigenvalue weighted by molar-refractivity contribution is 6.38. The fourth-order valence-corrected chi connectivity index (χ4v) is 7.97. The van der Waals surface area contributed by atoms with Gasteiger partial charge in [-0.15, -0.1) is 0 Å². The number of Topliss-reactive ketones (excluding diaryl/α,β-unsaturated/α-hetero) is 1. The van der Waals surface area contributed by atoms with Crippen molar-refractivity contribution in [3.8, 4) is 0 Å². The molecule has 16 heteroatoms. The average Bonchev–Trinajstić information content (AvgIpc) is 3.54. The van der Waals surface area contributed by atoms with Crippen LogP contribution < -0.4 is 21.3 Å². The number of amides is 7. The Bertz CT molecular complexity index is 1740. The van der Waals surface area contributed by atoms with Crippen LogP contribution in [-0.2, 0) is 38.3 Å². The maximum absolute atomic E-state index is 14.8. The van der Waals surface area contributed by atoms with Crippen LogP contribution in [0.25, 0.3) is 0 Å². The second-order valence-corrected chi connectivity index (χ2v) is 17.4. The predicted molar refractivity (Wildman–Crippen MR) is 219 cm³/mol. The van der Waals surface area contributed by atoms with Crippen molar-refractivity contribution >= 4 is 47.3 Å². The molecule has 16 nitrogen and oxygen atoms in total. The molecule has 0 spiro atoms. The van der Waals surface area contributed by atoms with E-state index in [-0.39, 0.29) is 43.7 Å². The maximum Gasteiger partial charge on any atom is 0.408 e. The van der Waals surface area contributed by atoms with Crippen molar-refractivity contribution in [2.75, 3.05) is 40.3 Å². The van der Waals surface area contributed by atoms with Gasteiger partial charge in [0.15, 0.2) is 0 Å². The molecule has 0 saturated carbocycles. The Morgan fingerprint density at radius 2 is 1.63 bits per heavy atom. The number of nitrogens with one attached hydrogen (secondary N) is 4. The van der Waals surface area contributed by atoms with Gasteiger partial charge in [0.25, 0.3) is 5.91 Å². The summed E-state index contributed by atoms with van der Waals surface area (Å²) in [6.45, 7) is 13.5. The molecule has 4 N–H and O–H groups in total. The summed E-state index contributed by atoms with van der Waals surface area (Å²) in [5, 5.41) is 10.5. The average molecular weight is 822 g/mol. The lowest BCUT2D eigenvalue weighted by molar-refractivity contribution is -0.144. The Balaban J connectivity index is 1.60. The molecule has 3 aliphatic heterocycles. The van der Waals surface area contributed by atoms with Gasteiger partial charge in [-0.2, -0.15) is 0 Å². The first-order valence-electron chi connectivity index (χ1n) is 20.7. The highest BCUT2D eigenvalue weighted by Crippen LogP contribution is 2.35. The Labute approximate surface area is 347 Å². The zero-order chi connectivity index (χ0) is 43.6. The summed E-state index contributed by atoms with van der Waals surface area (Å²) < 4.78 is 5.55. The lowest BCUT2D eigenvalue weighted by Gasteiger charge is -2.39. The topological polar surface area (TPSA) is 204 Å². The van der Waals surface area contributed by atoms with E-state index >= 15 is 0 Å². The lowest BCUT2D eigenvalue weighted by Crippen LogP contribution is -2.60. The number of benzene rings is 1. The Morgan fingerprint density at radius 1 is 0.949 bits per heavy atom. The second kappa shape index (κ2) is 20.6. The zero-order valence-electron chi connectivity index (χ0n) is 35.6. The van der Waals surface area contributed by atoms with Gasteiger partial charge in [0.1, 0.15) is 23.7 Å². The van der Waals surface area contributed by atoms with E-state index in [0.29, 0.717) is 56.2 Å². The van der Waals surface area contributed by atoms with Crippen molar-refractivity contribution < 1.29 is 43.1 Å². The third-order valence-corrected chi connectivity index (χ3v) is 11.1. The van der Waals surface area contributed by atoms with E-state index in [9.17, 15) is 38.4 Å². The van der Waals surface area contributed by atoms with Crippen molar-refractivity contribution in [2.45, 2.75) is 116 Å². The summed E-state index contributed by atoms with van der Waals surface area (Å²) in [6.07, 6.45) is 2.98. The van der Waals surface area contributed by atoms with Crippen LogP contribution in [0, 0.1) is 17.8 Å². The van der Waals surface area contributed by atoms with Crippen molar-refractivity contribution in [3.05, 3.63) is 48.0 Å². The third kappa shape index (κ3) is 12.6. The number of nitrogens with zero attached hydrogens (tertiary/aromatic N) is 3. The number of carbonyl (C=O) groups is 8. The number of ether oxygens (including phenoxy) is 1. The SMILES string of the molecule is C=C1C(C(C)C)CN2C(=O)[C@@H](NC(=O)OC(C)(C)C)C3CCCN(C3)C(=O)CCCCCC[C@@H](C(=O)C(=O)NCC(=O)N[C@H](C(=O)N(C)C)c3ccccc3)NC(=O)[C@H]12. The number of likely N-dealkylation sites (N-methyl/N-ethyl adjacent to an activating group) is 1. The van der Waals surface area contributed by atoms with E-state index < -0.39 is 83.6 Å². The van der Waals surface area contributed by atoms with Crippen molar-refractivity contribution in [3.63, 3.8) is 0 Å². The van der Waals surface area contributed by atoms with Gasteiger partial charge < -0.3 is 40.7 Å². The smallest absolute Gasteiger partial charge is 0.408 e. The van der Waals surface area contributed by atoms with E-state index in [2.05, 4.69) is 27.8 Å². The molecule has 0 radical (unpaired) electrons. The number of alkyl carbamates (subject to hydrolysis) is 1. The van der Waals surface area contributed by atoms with E-state index in [0.717, 1.165) is 0 Å². The van der Waals surface area contributed by atoms with E-state index in [4.69, 9.17) is 4.74 Å². The fourth-order valence-electron chi connectivity index (χ4n) is 7.97. The van der Waals surface area contributed by atoms with E-state index in [1.165, 1.54) is 9.80 Å². The molecule has 1 aromatic carbocycles. The van der Waals surface area contributed by atoms with Crippen LogP contribution in [0.3, 0.4) is 0 Å². The molecule has 7 amide bonds. The van der Waals surface area contributed by atoms with Gasteiger partial charge in [-0.1, -0.05) is 70.0 Å². The lowest BCUT2D eigenvalue weighted by atomic mass is 9.89. The number of rotatable bonds is 9. The van der Waals surface area contributed by atoms with Crippen molar-refractivity contribution in [1.29, 1.82) is 0 Å². The van der Waals surface area contributed by atoms with Crippen LogP contribution in [0.5, 0.6) is 0 Å². The van der Waals surface area contributed by atoms with Crippen LogP contribution in [0.2, 0.25) is 0 Å². The molecule has 3 aliphatic rings. The van der Waals surface area contributed by atoms with Gasteiger partial charge in [0.05, 0.1) is 12.6 Å². The summed E-state index contributed by atoms with van der Waals surface area (Å²) in [7, 11) is 3.10. The van der Waals surface area contributed by atoms with Gasteiger partial charge in [0, 0.05) is 52.0 Å². The minimum absolute atomic E-state index is 0.0302.